The number of allylic oxidation sites excluding steroid dienone is 1. The van der Waals surface area contributed by atoms with Crippen LogP contribution in [-0.4, -0.2) is 40.0 Å². The van der Waals surface area contributed by atoms with Gasteiger partial charge in [0.05, 0.1) is 37.2 Å². The summed E-state index contributed by atoms with van der Waals surface area (Å²) in [6.07, 6.45) is 3.80. The zero-order valence-electron chi connectivity index (χ0n) is 17.8. The van der Waals surface area contributed by atoms with Gasteiger partial charge in [0.15, 0.2) is 17.5 Å². The molecular weight excluding hydrogens is 434 g/mol. The zero-order valence-corrected chi connectivity index (χ0v) is 17.8. The van der Waals surface area contributed by atoms with Crippen LogP contribution in [0.1, 0.15) is 30.4 Å². The molecule has 0 amide bonds. The highest BCUT2D eigenvalue weighted by atomic mass is 19.1. The number of halogens is 2. The molecule has 0 aliphatic heterocycles. The van der Waals surface area contributed by atoms with Crippen molar-refractivity contribution in [1.82, 2.24) is 15.1 Å². The molecule has 0 saturated carbocycles. The molecule has 0 fully saturated rings. The molecule has 2 aromatic heterocycles. The van der Waals surface area contributed by atoms with E-state index in [4.69, 9.17) is 15.0 Å². The summed E-state index contributed by atoms with van der Waals surface area (Å²) in [5.41, 5.74) is 7.25. The molecule has 2 heterocycles. The summed E-state index contributed by atoms with van der Waals surface area (Å²) in [6.45, 7) is 2.11. The highest BCUT2D eigenvalue weighted by Gasteiger charge is 2.12. The molecule has 0 spiro atoms. The topological polar surface area (TPSA) is 129 Å². The van der Waals surface area contributed by atoms with Gasteiger partial charge in [-0.15, -0.1) is 0 Å². The SMILES string of the molecule is CCOC(=O)CCNc1nc(C(N)=CC(=NCc2ccccc2F)c2ccon2)ncc1F. The first kappa shape index (κ1) is 23.5. The summed E-state index contributed by atoms with van der Waals surface area (Å²) in [4.78, 5) is 23.8. The van der Waals surface area contributed by atoms with E-state index in [2.05, 4.69) is 25.4 Å². The average Bonchev–Trinajstić information content (AvgIpc) is 3.34. The molecule has 0 aliphatic rings. The van der Waals surface area contributed by atoms with Crippen molar-refractivity contribution in [1.29, 1.82) is 0 Å². The number of benzene rings is 1. The Morgan fingerprint density at radius 3 is 2.82 bits per heavy atom. The van der Waals surface area contributed by atoms with Gasteiger partial charge in [0.25, 0.3) is 0 Å². The van der Waals surface area contributed by atoms with E-state index in [1.54, 1.807) is 31.2 Å². The third-order valence-electron chi connectivity index (χ3n) is 4.30. The lowest BCUT2D eigenvalue weighted by atomic mass is 10.2. The number of carbonyl (C=O) groups is 1. The maximum Gasteiger partial charge on any atom is 0.307 e. The van der Waals surface area contributed by atoms with E-state index in [1.807, 2.05) is 0 Å². The van der Waals surface area contributed by atoms with Crippen LogP contribution < -0.4 is 11.1 Å². The molecule has 0 saturated heterocycles. The number of aromatic nitrogens is 3. The fourth-order valence-electron chi connectivity index (χ4n) is 2.70. The Hall–Kier alpha value is -4.15. The number of rotatable bonds is 10. The maximum absolute atomic E-state index is 14.1. The van der Waals surface area contributed by atoms with Gasteiger partial charge >= 0.3 is 5.97 Å². The van der Waals surface area contributed by atoms with Crippen molar-refractivity contribution in [3.63, 3.8) is 0 Å². The minimum atomic E-state index is -0.708. The first-order chi connectivity index (χ1) is 16.0. The van der Waals surface area contributed by atoms with Gasteiger partial charge in [0, 0.05) is 18.2 Å². The van der Waals surface area contributed by atoms with Gasteiger partial charge in [0.2, 0.25) is 0 Å². The molecule has 0 unspecified atom stereocenters. The lowest BCUT2D eigenvalue weighted by molar-refractivity contribution is -0.142. The maximum atomic E-state index is 14.1. The van der Waals surface area contributed by atoms with Crippen LogP contribution in [0.2, 0.25) is 0 Å². The van der Waals surface area contributed by atoms with Gasteiger partial charge in [-0.3, -0.25) is 9.79 Å². The van der Waals surface area contributed by atoms with E-state index in [0.717, 1.165) is 6.20 Å². The molecule has 11 heteroatoms. The van der Waals surface area contributed by atoms with E-state index in [-0.39, 0.29) is 43.5 Å². The molecular formula is C22H22F2N6O3. The van der Waals surface area contributed by atoms with Gasteiger partial charge in [-0.25, -0.2) is 18.7 Å². The number of nitrogens with one attached hydrogen (secondary N) is 1. The molecule has 0 aliphatic carbocycles. The number of carbonyl (C=O) groups excluding carboxylic acids is 1. The fourth-order valence-corrected chi connectivity index (χ4v) is 2.70. The smallest absolute Gasteiger partial charge is 0.307 e. The van der Waals surface area contributed by atoms with Crippen molar-refractivity contribution < 1.29 is 22.8 Å². The number of hydrogen-bond donors (Lipinski definition) is 2. The first-order valence-corrected chi connectivity index (χ1v) is 10.1. The monoisotopic (exact) mass is 456 g/mol. The van der Waals surface area contributed by atoms with Crippen LogP contribution in [0.25, 0.3) is 5.70 Å². The van der Waals surface area contributed by atoms with Crippen molar-refractivity contribution in [2.45, 2.75) is 19.9 Å². The lowest BCUT2D eigenvalue weighted by Crippen LogP contribution is -2.14. The molecule has 33 heavy (non-hydrogen) atoms. The second-order valence-corrected chi connectivity index (χ2v) is 6.65. The second kappa shape index (κ2) is 11.5. The third kappa shape index (κ3) is 6.66. The Morgan fingerprint density at radius 1 is 1.27 bits per heavy atom. The van der Waals surface area contributed by atoms with E-state index >= 15 is 0 Å². The Balaban J connectivity index is 1.81. The standard InChI is InChI=1S/C22H22F2N6O3/c1-2-32-20(31)7-9-26-21-16(24)13-28-22(29-21)17(25)11-19(18-8-10-33-30-18)27-12-14-5-3-4-6-15(14)23/h3-6,8,10-11,13H,2,7,9,12,25H2,1H3,(H,26,28,29). The molecule has 0 radical (unpaired) electrons. The molecule has 172 valence electrons. The predicted molar refractivity (Wildman–Crippen MR) is 117 cm³/mol. The Kier molecular flexibility index (Phi) is 8.17. The number of anilines is 1. The molecule has 9 nitrogen and oxygen atoms in total. The average molecular weight is 456 g/mol. The van der Waals surface area contributed by atoms with Crippen LogP contribution in [0.15, 0.2) is 58.4 Å². The molecule has 3 rings (SSSR count). The predicted octanol–water partition coefficient (Wildman–Crippen LogP) is 3.10. The highest BCUT2D eigenvalue weighted by molar-refractivity contribution is 6.10. The highest BCUT2D eigenvalue weighted by Crippen LogP contribution is 2.15. The van der Waals surface area contributed by atoms with Crippen molar-refractivity contribution in [2.75, 3.05) is 18.5 Å². The van der Waals surface area contributed by atoms with Crippen LogP contribution in [0.3, 0.4) is 0 Å². The van der Waals surface area contributed by atoms with Gasteiger partial charge < -0.3 is 20.3 Å². The van der Waals surface area contributed by atoms with Crippen molar-refractivity contribution in [3.05, 3.63) is 77.6 Å². The first-order valence-electron chi connectivity index (χ1n) is 10.1. The summed E-state index contributed by atoms with van der Waals surface area (Å²) < 4.78 is 37.7. The minimum Gasteiger partial charge on any atom is -0.466 e. The zero-order chi connectivity index (χ0) is 23.6. The molecule has 1 aromatic carbocycles. The summed E-state index contributed by atoms with van der Waals surface area (Å²) in [5, 5.41) is 6.57. The summed E-state index contributed by atoms with van der Waals surface area (Å²) in [6, 6.07) is 7.81. The molecule has 3 aromatic rings. The quantitative estimate of drug-likeness (QED) is 0.352. The lowest BCUT2D eigenvalue weighted by Gasteiger charge is -2.08. The molecule has 3 N–H and O–H groups in total. The van der Waals surface area contributed by atoms with Gasteiger partial charge in [-0.1, -0.05) is 23.4 Å². The third-order valence-corrected chi connectivity index (χ3v) is 4.30. The minimum absolute atomic E-state index is 0.0251. The largest absolute Gasteiger partial charge is 0.466 e. The Labute approximate surface area is 188 Å². The van der Waals surface area contributed by atoms with Gasteiger partial charge in [-0.2, -0.15) is 0 Å². The Morgan fingerprint density at radius 2 is 2.09 bits per heavy atom. The van der Waals surface area contributed by atoms with Crippen LogP contribution in [0.5, 0.6) is 0 Å². The van der Waals surface area contributed by atoms with Crippen molar-refractivity contribution in [3.8, 4) is 0 Å². The fraction of sp³-hybridized carbons (Fsp3) is 0.227. The molecule has 0 bridgehead atoms. The number of ether oxygens (including phenoxy) is 1. The number of aliphatic imine (C=N–C) groups is 1. The van der Waals surface area contributed by atoms with E-state index in [1.165, 1.54) is 18.4 Å². The number of esters is 1. The molecule has 0 atom stereocenters. The van der Waals surface area contributed by atoms with E-state index in [0.29, 0.717) is 17.0 Å². The van der Waals surface area contributed by atoms with Gasteiger partial charge in [0.1, 0.15) is 17.8 Å². The van der Waals surface area contributed by atoms with Crippen LogP contribution in [0, 0.1) is 11.6 Å². The summed E-state index contributed by atoms with van der Waals surface area (Å²) in [7, 11) is 0. The van der Waals surface area contributed by atoms with E-state index < -0.39 is 17.6 Å². The van der Waals surface area contributed by atoms with Crippen LogP contribution in [0.4, 0.5) is 14.6 Å². The Bertz CT molecular complexity index is 1150. The normalized spacial score (nSPS) is 12.0. The number of hydrogen-bond acceptors (Lipinski definition) is 9. The second-order valence-electron chi connectivity index (χ2n) is 6.65. The van der Waals surface area contributed by atoms with Crippen LogP contribution >= 0.6 is 0 Å². The summed E-state index contributed by atoms with van der Waals surface area (Å²) >= 11 is 0. The van der Waals surface area contributed by atoms with Crippen molar-refractivity contribution in [2.24, 2.45) is 10.7 Å². The number of nitrogens with two attached hydrogens (primary N) is 1. The number of nitrogens with zero attached hydrogens (tertiary/aromatic N) is 4. The van der Waals surface area contributed by atoms with Gasteiger partial charge in [-0.05, 0) is 19.1 Å². The van der Waals surface area contributed by atoms with E-state index in [9.17, 15) is 13.6 Å². The van der Waals surface area contributed by atoms with Crippen LogP contribution in [-0.2, 0) is 16.1 Å². The summed E-state index contributed by atoms with van der Waals surface area (Å²) in [5.74, 6) is -1.61. The van der Waals surface area contributed by atoms with Crippen molar-refractivity contribution >= 4 is 23.2 Å².